The van der Waals surface area contributed by atoms with Crippen molar-refractivity contribution in [1.29, 1.82) is 0 Å². The molecule has 0 saturated heterocycles. The predicted octanol–water partition coefficient (Wildman–Crippen LogP) is 14.9. The van der Waals surface area contributed by atoms with Gasteiger partial charge in [-0.15, -0.1) is 0 Å². The summed E-state index contributed by atoms with van der Waals surface area (Å²) in [5, 5.41) is 2.35. The Hall–Kier alpha value is -7.36. The van der Waals surface area contributed by atoms with Crippen molar-refractivity contribution in [3.8, 4) is 22.6 Å². The molecule has 2 heterocycles. The van der Waals surface area contributed by atoms with Crippen LogP contribution in [0.4, 0.5) is 34.1 Å². The van der Waals surface area contributed by atoms with Crippen LogP contribution < -0.4 is 14.5 Å². The summed E-state index contributed by atoms with van der Waals surface area (Å²) >= 11 is 0. The number of ether oxygens (including phenoxy) is 1. The highest BCUT2D eigenvalue weighted by molar-refractivity contribution is 6.07. The fourth-order valence-electron chi connectivity index (χ4n) is 10.6. The molecule has 0 aromatic heterocycles. The van der Waals surface area contributed by atoms with E-state index < -0.39 is 10.8 Å². The lowest BCUT2D eigenvalue weighted by molar-refractivity contribution is 0.472. The summed E-state index contributed by atoms with van der Waals surface area (Å²) in [5.74, 6) is 1.74. The van der Waals surface area contributed by atoms with Crippen molar-refractivity contribution in [3.05, 3.63) is 240 Å². The molecule has 3 nitrogen and oxygen atoms in total. The topological polar surface area (TPSA) is 15.7 Å². The molecule has 0 spiro atoms. The third kappa shape index (κ3) is 4.64. The zero-order valence-corrected chi connectivity index (χ0v) is 32.9. The maximum Gasteiger partial charge on any atom is 0.152 e. The lowest BCUT2D eigenvalue weighted by Crippen LogP contribution is -2.34. The Morgan fingerprint density at radius 1 is 0.458 bits per heavy atom. The standard InChI is InChI=1S/C56H40N2O/c1-55(2)46-28-16-31-50-54(46)58(53-42-25-13-12-18-37(42)32-35-51(53)59-50)49-30-17-29-48(52(49)55)57(40-23-10-5-11-24-40)41-33-34-44-43-26-14-15-27-45(43)56(47(44)36-41,38-19-6-3-7-20-38)39-21-8-4-9-22-39/h3-36H,1-2H3. The molecular weight excluding hydrogens is 717 g/mol. The molecule has 0 amide bonds. The molecule has 0 bridgehead atoms. The Labute approximate surface area is 345 Å². The van der Waals surface area contributed by atoms with E-state index in [0.29, 0.717) is 0 Å². The van der Waals surface area contributed by atoms with E-state index in [-0.39, 0.29) is 0 Å². The van der Waals surface area contributed by atoms with E-state index in [1.165, 1.54) is 49.9 Å². The van der Waals surface area contributed by atoms with Gasteiger partial charge in [-0.1, -0.05) is 172 Å². The smallest absolute Gasteiger partial charge is 0.152 e. The van der Waals surface area contributed by atoms with Crippen LogP contribution in [0.2, 0.25) is 0 Å². The van der Waals surface area contributed by atoms with Crippen LogP contribution >= 0.6 is 0 Å². The summed E-state index contributed by atoms with van der Waals surface area (Å²) in [7, 11) is 0. The summed E-state index contributed by atoms with van der Waals surface area (Å²) in [4.78, 5) is 4.97. The summed E-state index contributed by atoms with van der Waals surface area (Å²) in [5.41, 5.74) is 15.9. The first-order chi connectivity index (χ1) is 29.0. The molecule has 0 N–H and O–H groups in total. The van der Waals surface area contributed by atoms with Gasteiger partial charge < -0.3 is 14.5 Å². The molecule has 3 aliphatic rings. The molecule has 0 atom stereocenters. The number of hydrogen-bond donors (Lipinski definition) is 0. The normalized spacial score (nSPS) is 14.6. The number of para-hydroxylation sites is 2. The number of benzene rings is 9. The zero-order valence-electron chi connectivity index (χ0n) is 32.9. The van der Waals surface area contributed by atoms with Gasteiger partial charge in [-0.2, -0.15) is 0 Å². The number of anilines is 6. The molecule has 0 unspecified atom stereocenters. The van der Waals surface area contributed by atoms with Gasteiger partial charge in [0.2, 0.25) is 0 Å². The lowest BCUT2D eigenvalue weighted by atomic mass is 9.67. The largest absolute Gasteiger partial charge is 0.453 e. The van der Waals surface area contributed by atoms with E-state index in [1.807, 2.05) is 0 Å². The van der Waals surface area contributed by atoms with Gasteiger partial charge in [0.1, 0.15) is 0 Å². The Balaban J connectivity index is 1.15. The molecular formula is C56H40N2O. The van der Waals surface area contributed by atoms with E-state index >= 15 is 0 Å². The summed E-state index contributed by atoms with van der Waals surface area (Å²) in [6.07, 6.45) is 0. The van der Waals surface area contributed by atoms with Crippen molar-refractivity contribution in [2.24, 2.45) is 0 Å². The average molecular weight is 757 g/mol. The highest BCUT2D eigenvalue weighted by Gasteiger charge is 2.47. The van der Waals surface area contributed by atoms with Crippen LogP contribution in [0.3, 0.4) is 0 Å². The minimum absolute atomic E-state index is 0.392. The molecule has 9 aromatic carbocycles. The number of nitrogens with zero attached hydrogens (tertiary/aromatic N) is 2. The Morgan fingerprint density at radius 2 is 1.08 bits per heavy atom. The van der Waals surface area contributed by atoms with Crippen molar-refractivity contribution in [3.63, 3.8) is 0 Å². The fourth-order valence-corrected chi connectivity index (χ4v) is 10.6. The molecule has 9 aromatic rings. The second-order valence-corrected chi connectivity index (χ2v) is 16.4. The summed E-state index contributed by atoms with van der Waals surface area (Å²) < 4.78 is 6.77. The van der Waals surface area contributed by atoms with E-state index in [2.05, 4.69) is 230 Å². The first-order valence-corrected chi connectivity index (χ1v) is 20.5. The summed E-state index contributed by atoms with van der Waals surface area (Å²) in [6, 6.07) is 75.5. The van der Waals surface area contributed by atoms with Crippen molar-refractivity contribution < 1.29 is 4.74 Å². The van der Waals surface area contributed by atoms with Crippen LogP contribution in [0, 0.1) is 0 Å². The second-order valence-electron chi connectivity index (χ2n) is 16.4. The summed E-state index contributed by atoms with van der Waals surface area (Å²) in [6.45, 7) is 4.75. The number of fused-ring (bicyclic) bond motifs is 9. The third-order valence-corrected chi connectivity index (χ3v) is 13.0. The molecule has 280 valence electrons. The Morgan fingerprint density at radius 3 is 1.86 bits per heavy atom. The quantitative estimate of drug-likeness (QED) is 0.174. The monoisotopic (exact) mass is 756 g/mol. The first-order valence-electron chi connectivity index (χ1n) is 20.5. The highest BCUT2D eigenvalue weighted by Crippen LogP contribution is 2.64. The Bertz CT molecular complexity index is 3080. The number of hydrogen-bond acceptors (Lipinski definition) is 3. The Kier molecular flexibility index (Phi) is 7.19. The maximum absolute atomic E-state index is 6.77. The van der Waals surface area contributed by atoms with Crippen molar-refractivity contribution in [2.45, 2.75) is 24.7 Å². The van der Waals surface area contributed by atoms with E-state index in [0.717, 1.165) is 51.0 Å². The zero-order chi connectivity index (χ0) is 39.3. The van der Waals surface area contributed by atoms with E-state index in [9.17, 15) is 0 Å². The van der Waals surface area contributed by atoms with Crippen LogP contribution in [-0.2, 0) is 10.8 Å². The van der Waals surface area contributed by atoms with Gasteiger partial charge in [-0.05, 0) is 92.9 Å². The fraction of sp³-hybridized carbons (Fsp3) is 0.0714. The van der Waals surface area contributed by atoms with Gasteiger partial charge >= 0.3 is 0 Å². The second kappa shape index (κ2) is 12.6. The number of rotatable bonds is 5. The molecule has 59 heavy (non-hydrogen) atoms. The molecule has 0 radical (unpaired) electrons. The third-order valence-electron chi connectivity index (χ3n) is 13.0. The van der Waals surface area contributed by atoms with Crippen molar-refractivity contribution >= 4 is 44.9 Å². The van der Waals surface area contributed by atoms with Gasteiger partial charge in [0.05, 0.1) is 28.2 Å². The van der Waals surface area contributed by atoms with Crippen molar-refractivity contribution in [2.75, 3.05) is 9.80 Å². The molecule has 0 saturated carbocycles. The molecule has 0 fully saturated rings. The first kappa shape index (κ1) is 33.7. The van der Waals surface area contributed by atoms with Crippen LogP contribution in [0.5, 0.6) is 11.5 Å². The van der Waals surface area contributed by atoms with Crippen LogP contribution in [-0.4, -0.2) is 0 Å². The lowest BCUT2D eigenvalue weighted by Gasteiger charge is -2.47. The van der Waals surface area contributed by atoms with Crippen molar-refractivity contribution in [1.82, 2.24) is 0 Å². The molecule has 1 aliphatic carbocycles. The minimum Gasteiger partial charge on any atom is -0.453 e. The average Bonchev–Trinajstić information content (AvgIpc) is 3.59. The van der Waals surface area contributed by atoms with E-state index in [4.69, 9.17) is 4.74 Å². The van der Waals surface area contributed by atoms with Gasteiger partial charge in [-0.25, -0.2) is 0 Å². The SMILES string of the molecule is CC1(C)c2cccc3c2N(c2cccc(N(c4ccccc4)c4ccc5c(c4)C(c4ccccc4)(c4ccccc4)c4ccccc4-5)c21)c1c(ccc2ccccc12)O3. The predicted molar refractivity (Wildman–Crippen MR) is 243 cm³/mol. The highest BCUT2D eigenvalue weighted by atomic mass is 16.5. The maximum atomic E-state index is 6.77. The van der Waals surface area contributed by atoms with Crippen LogP contribution in [0.1, 0.15) is 47.2 Å². The molecule has 2 aliphatic heterocycles. The minimum atomic E-state index is -0.518. The van der Waals surface area contributed by atoms with Crippen LogP contribution in [0.25, 0.3) is 21.9 Å². The van der Waals surface area contributed by atoms with Gasteiger partial charge in [0.15, 0.2) is 11.5 Å². The van der Waals surface area contributed by atoms with Gasteiger partial charge in [0.25, 0.3) is 0 Å². The van der Waals surface area contributed by atoms with E-state index in [1.54, 1.807) is 0 Å². The van der Waals surface area contributed by atoms with Gasteiger partial charge in [-0.3, -0.25) is 0 Å². The molecule has 3 heteroatoms. The molecule has 12 rings (SSSR count). The van der Waals surface area contributed by atoms with Crippen LogP contribution in [0.15, 0.2) is 206 Å². The van der Waals surface area contributed by atoms with Gasteiger partial charge in [0, 0.05) is 27.7 Å².